The Labute approximate surface area is 193 Å². The highest BCUT2D eigenvalue weighted by atomic mass is 32.2. The van der Waals surface area contributed by atoms with E-state index in [9.17, 15) is 18.0 Å². The van der Waals surface area contributed by atoms with Crippen LogP contribution in [0.25, 0.3) is 0 Å². The second-order valence-corrected chi connectivity index (χ2v) is 10.2. The smallest absolute Gasteiger partial charge is 0.254 e. The molecule has 4 rings (SSSR count). The van der Waals surface area contributed by atoms with Gasteiger partial charge in [-0.25, -0.2) is 13.1 Å². The number of amides is 2. The standard InChI is InChI=1S/C23H29N3O6S/c1-17-6-7-20(33(29,30)24-15-19-5-3-11-32-19)14-21(17)23(28)26-8-2-4-18(16-26)22(27)25-9-12-31-13-10-25/h3,5-7,11,14,18,24H,2,4,8-10,12-13,15-16H2,1H3. The Hall–Kier alpha value is -2.69. The Morgan fingerprint density at radius 1 is 1.12 bits per heavy atom. The van der Waals surface area contributed by atoms with E-state index >= 15 is 0 Å². The van der Waals surface area contributed by atoms with Crippen LogP contribution in [0.5, 0.6) is 0 Å². The van der Waals surface area contributed by atoms with Gasteiger partial charge in [-0.3, -0.25) is 9.59 Å². The van der Waals surface area contributed by atoms with E-state index < -0.39 is 10.0 Å². The van der Waals surface area contributed by atoms with Crippen LogP contribution in [0.1, 0.15) is 34.5 Å². The lowest BCUT2D eigenvalue weighted by Crippen LogP contribution is -2.49. The monoisotopic (exact) mass is 475 g/mol. The first-order chi connectivity index (χ1) is 15.8. The zero-order chi connectivity index (χ0) is 23.4. The van der Waals surface area contributed by atoms with Gasteiger partial charge < -0.3 is 19.0 Å². The van der Waals surface area contributed by atoms with E-state index in [0.29, 0.717) is 56.3 Å². The zero-order valence-corrected chi connectivity index (χ0v) is 19.5. The maximum Gasteiger partial charge on any atom is 0.254 e. The Balaban J connectivity index is 1.47. The Morgan fingerprint density at radius 2 is 1.91 bits per heavy atom. The Morgan fingerprint density at radius 3 is 2.64 bits per heavy atom. The predicted octanol–water partition coefficient (Wildman–Crippen LogP) is 1.78. The van der Waals surface area contributed by atoms with Crippen molar-refractivity contribution in [2.24, 2.45) is 5.92 Å². The number of hydrogen-bond donors (Lipinski definition) is 1. The average Bonchev–Trinajstić information content (AvgIpc) is 3.37. The molecule has 2 saturated heterocycles. The lowest BCUT2D eigenvalue weighted by molar-refractivity contribution is -0.141. The van der Waals surface area contributed by atoms with Gasteiger partial charge in [0.15, 0.2) is 0 Å². The number of likely N-dealkylation sites (tertiary alicyclic amines) is 1. The molecule has 2 aliphatic rings. The van der Waals surface area contributed by atoms with Crippen molar-refractivity contribution in [2.45, 2.75) is 31.2 Å². The highest BCUT2D eigenvalue weighted by molar-refractivity contribution is 7.89. The van der Waals surface area contributed by atoms with Crippen molar-refractivity contribution in [1.29, 1.82) is 0 Å². The second kappa shape index (κ2) is 10.1. The first-order valence-corrected chi connectivity index (χ1v) is 12.6. The summed E-state index contributed by atoms with van der Waals surface area (Å²) in [4.78, 5) is 29.8. The summed E-state index contributed by atoms with van der Waals surface area (Å²) < 4.78 is 38.5. The first kappa shape index (κ1) is 23.5. The van der Waals surface area contributed by atoms with Crippen molar-refractivity contribution >= 4 is 21.8 Å². The number of carbonyl (C=O) groups is 2. The molecule has 0 bridgehead atoms. The number of sulfonamides is 1. The van der Waals surface area contributed by atoms with Crippen LogP contribution in [0.3, 0.4) is 0 Å². The molecule has 1 unspecified atom stereocenters. The molecule has 33 heavy (non-hydrogen) atoms. The van der Waals surface area contributed by atoms with Gasteiger partial charge in [0.05, 0.1) is 36.8 Å². The fourth-order valence-corrected chi connectivity index (χ4v) is 5.26. The number of morpholine rings is 1. The lowest BCUT2D eigenvalue weighted by atomic mass is 9.95. The number of hydrogen-bond acceptors (Lipinski definition) is 6. The molecule has 10 heteroatoms. The molecule has 3 heterocycles. The number of carbonyl (C=O) groups excluding carboxylic acids is 2. The molecule has 1 aromatic carbocycles. The van der Waals surface area contributed by atoms with Crippen LogP contribution in [0.2, 0.25) is 0 Å². The normalized spacial score (nSPS) is 19.5. The van der Waals surface area contributed by atoms with Crippen LogP contribution in [-0.4, -0.2) is 69.4 Å². The number of piperidine rings is 1. The minimum Gasteiger partial charge on any atom is -0.468 e. The van der Waals surface area contributed by atoms with Crippen molar-refractivity contribution in [1.82, 2.24) is 14.5 Å². The summed E-state index contributed by atoms with van der Waals surface area (Å²) in [6.07, 6.45) is 2.94. The van der Waals surface area contributed by atoms with E-state index in [0.717, 1.165) is 12.8 Å². The quantitative estimate of drug-likeness (QED) is 0.682. The number of nitrogens with zero attached hydrogens (tertiary/aromatic N) is 2. The topological polar surface area (TPSA) is 109 Å². The SMILES string of the molecule is Cc1ccc(S(=O)(=O)NCc2ccco2)cc1C(=O)N1CCCC(C(=O)N2CCOCC2)C1. The molecular formula is C23H29N3O6S. The highest BCUT2D eigenvalue weighted by Crippen LogP contribution is 2.24. The number of nitrogens with one attached hydrogen (secondary N) is 1. The van der Waals surface area contributed by atoms with Gasteiger partial charge >= 0.3 is 0 Å². The van der Waals surface area contributed by atoms with Crippen LogP contribution in [0.15, 0.2) is 45.9 Å². The predicted molar refractivity (Wildman–Crippen MR) is 120 cm³/mol. The van der Waals surface area contributed by atoms with Gasteiger partial charge in [0.1, 0.15) is 5.76 Å². The molecule has 0 aliphatic carbocycles. The molecule has 1 N–H and O–H groups in total. The maximum absolute atomic E-state index is 13.3. The number of rotatable bonds is 6. The van der Waals surface area contributed by atoms with Crippen LogP contribution >= 0.6 is 0 Å². The maximum atomic E-state index is 13.3. The number of aryl methyl sites for hydroxylation is 1. The zero-order valence-electron chi connectivity index (χ0n) is 18.7. The summed E-state index contributed by atoms with van der Waals surface area (Å²) >= 11 is 0. The van der Waals surface area contributed by atoms with Crippen LogP contribution in [0.4, 0.5) is 0 Å². The van der Waals surface area contributed by atoms with Crippen molar-refractivity contribution in [2.75, 3.05) is 39.4 Å². The van der Waals surface area contributed by atoms with Gasteiger partial charge in [0, 0.05) is 31.7 Å². The van der Waals surface area contributed by atoms with Crippen molar-refractivity contribution in [3.05, 3.63) is 53.5 Å². The molecule has 0 saturated carbocycles. The van der Waals surface area contributed by atoms with Crippen molar-refractivity contribution in [3.8, 4) is 0 Å². The summed E-state index contributed by atoms with van der Waals surface area (Å²) in [5.74, 6) is 0.0512. The van der Waals surface area contributed by atoms with E-state index in [-0.39, 0.29) is 29.2 Å². The third-order valence-corrected chi connectivity index (χ3v) is 7.55. The summed E-state index contributed by atoms with van der Waals surface area (Å²) in [5.41, 5.74) is 1.02. The molecule has 2 amide bonds. The van der Waals surface area contributed by atoms with Gasteiger partial charge in [-0.1, -0.05) is 6.07 Å². The van der Waals surface area contributed by atoms with Gasteiger partial charge in [0.25, 0.3) is 5.91 Å². The van der Waals surface area contributed by atoms with E-state index in [1.807, 2.05) is 4.90 Å². The van der Waals surface area contributed by atoms with E-state index in [1.54, 1.807) is 30.0 Å². The highest BCUT2D eigenvalue weighted by Gasteiger charge is 2.33. The molecule has 178 valence electrons. The number of furan rings is 1. The second-order valence-electron chi connectivity index (χ2n) is 8.41. The molecule has 2 aliphatic heterocycles. The largest absolute Gasteiger partial charge is 0.468 e. The Bertz CT molecular complexity index is 1090. The summed E-state index contributed by atoms with van der Waals surface area (Å²) in [6, 6.07) is 7.89. The summed E-state index contributed by atoms with van der Waals surface area (Å²) in [7, 11) is -3.83. The summed E-state index contributed by atoms with van der Waals surface area (Å²) in [5, 5.41) is 0. The molecule has 1 aromatic heterocycles. The third-order valence-electron chi connectivity index (χ3n) is 6.15. The minimum atomic E-state index is -3.83. The molecule has 2 fully saturated rings. The third kappa shape index (κ3) is 5.45. The van der Waals surface area contributed by atoms with Crippen LogP contribution in [0, 0.1) is 12.8 Å². The van der Waals surface area contributed by atoms with Gasteiger partial charge in [0.2, 0.25) is 15.9 Å². The average molecular weight is 476 g/mol. The van der Waals surface area contributed by atoms with Gasteiger partial charge in [-0.2, -0.15) is 0 Å². The van der Waals surface area contributed by atoms with E-state index in [1.165, 1.54) is 18.4 Å². The lowest BCUT2D eigenvalue weighted by Gasteiger charge is -2.36. The van der Waals surface area contributed by atoms with E-state index in [2.05, 4.69) is 4.72 Å². The fourth-order valence-electron chi connectivity index (χ4n) is 4.24. The van der Waals surface area contributed by atoms with Crippen molar-refractivity contribution < 1.29 is 27.2 Å². The molecule has 1 atom stereocenters. The molecule has 9 nitrogen and oxygen atoms in total. The van der Waals surface area contributed by atoms with Crippen molar-refractivity contribution in [3.63, 3.8) is 0 Å². The Kier molecular flexibility index (Phi) is 7.16. The summed E-state index contributed by atoms with van der Waals surface area (Å²) in [6.45, 7) is 4.90. The molecule has 2 aromatic rings. The fraction of sp³-hybridized carbons (Fsp3) is 0.478. The van der Waals surface area contributed by atoms with Gasteiger partial charge in [-0.15, -0.1) is 0 Å². The van der Waals surface area contributed by atoms with Crippen LogP contribution in [-0.2, 0) is 26.1 Å². The minimum absolute atomic E-state index is 0.0148. The van der Waals surface area contributed by atoms with Gasteiger partial charge in [-0.05, 0) is 49.6 Å². The first-order valence-electron chi connectivity index (χ1n) is 11.1. The van der Waals surface area contributed by atoms with E-state index in [4.69, 9.17) is 9.15 Å². The number of benzene rings is 1. The number of ether oxygens (including phenoxy) is 1. The van der Waals surface area contributed by atoms with Crippen LogP contribution < -0.4 is 4.72 Å². The molecular weight excluding hydrogens is 446 g/mol. The molecule has 0 spiro atoms. The molecule has 0 radical (unpaired) electrons.